The fraction of sp³-hybridized carbons (Fsp3) is 0.556. The molecule has 2 heterocycles. The summed E-state index contributed by atoms with van der Waals surface area (Å²) in [7, 11) is 1.92. The van der Waals surface area contributed by atoms with Crippen LogP contribution in [0, 0.1) is 6.92 Å². The lowest BCUT2D eigenvalue weighted by Crippen LogP contribution is -2.21. The van der Waals surface area contributed by atoms with Gasteiger partial charge in [0, 0.05) is 19.2 Å². The molecule has 0 amide bonds. The van der Waals surface area contributed by atoms with Crippen LogP contribution in [0.1, 0.15) is 18.1 Å². The topological polar surface area (TPSA) is 42.7 Å². The van der Waals surface area contributed by atoms with Gasteiger partial charge in [0.05, 0.1) is 0 Å². The van der Waals surface area contributed by atoms with Crippen LogP contribution in [0.4, 0.5) is 0 Å². The molecule has 0 radical (unpaired) electrons. The molecule has 1 aromatic rings. The maximum absolute atomic E-state index is 4.38. The lowest BCUT2D eigenvalue weighted by molar-refractivity contribution is 0.718. The minimum atomic E-state index is 0.868. The Morgan fingerprint density at radius 1 is 1.54 bits per heavy atom. The molecule has 4 nitrogen and oxygen atoms in total. The molecule has 1 N–H and O–H groups in total. The Morgan fingerprint density at radius 3 is 2.92 bits per heavy atom. The zero-order chi connectivity index (χ0) is 9.26. The molecule has 70 valence electrons. The first kappa shape index (κ1) is 8.44. The van der Waals surface area contributed by atoms with Crippen molar-refractivity contribution in [3.63, 3.8) is 0 Å². The van der Waals surface area contributed by atoms with E-state index in [1.807, 2.05) is 18.7 Å². The number of hydrogen-bond acceptors (Lipinski definition) is 3. The predicted octanol–water partition coefficient (Wildman–Crippen LogP) is 0.500. The van der Waals surface area contributed by atoms with Crippen molar-refractivity contribution < 1.29 is 0 Å². The molecule has 2 rings (SSSR count). The first-order valence-corrected chi connectivity index (χ1v) is 4.55. The van der Waals surface area contributed by atoms with Gasteiger partial charge >= 0.3 is 0 Å². The zero-order valence-electron chi connectivity index (χ0n) is 8.04. The van der Waals surface area contributed by atoms with Gasteiger partial charge in [0.2, 0.25) is 0 Å². The molecule has 0 aliphatic carbocycles. The second kappa shape index (κ2) is 3.30. The minimum Gasteiger partial charge on any atom is -0.312 e. The van der Waals surface area contributed by atoms with Gasteiger partial charge in [-0.25, -0.2) is 4.98 Å². The molecule has 1 aliphatic heterocycles. The van der Waals surface area contributed by atoms with Gasteiger partial charge in [0.25, 0.3) is 0 Å². The van der Waals surface area contributed by atoms with Crippen LogP contribution in [0.25, 0.3) is 5.57 Å². The van der Waals surface area contributed by atoms with E-state index in [1.54, 1.807) is 0 Å². The van der Waals surface area contributed by atoms with E-state index in [1.165, 1.54) is 5.57 Å². The molecule has 0 bridgehead atoms. The normalized spacial score (nSPS) is 17.2. The number of nitrogens with one attached hydrogen (secondary N) is 1. The van der Waals surface area contributed by atoms with Gasteiger partial charge in [0.1, 0.15) is 5.82 Å². The van der Waals surface area contributed by atoms with Crippen LogP contribution < -0.4 is 5.32 Å². The van der Waals surface area contributed by atoms with Gasteiger partial charge in [-0.15, -0.1) is 0 Å². The minimum absolute atomic E-state index is 0.868. The van der Waals surface area contributed by atoms with Gasteiger partial charge in [0.15, 0.2) is 5.82 Å². The van der Waals surface area contributed by atoms with Gasteiger partial charge in [-0.3, -0.25) is 4.68 Å². The summed E-state index contributed by atoms with van der Waals surface area (Å²) >= 11 is 0. The Balaban J connectivity index is 2.29. The number of aromatic nitrogens is 3. The average molecular weight is 178 g/mol. The van der Waals surface area contributed by atoms with Gasteiger partial charge in [-0.2, -0.15) is 5.10 Å². The molecular weight excluding hydrogens is 164 g/mol. The summed E-state index contributed by atoms with van der Waals surface area (Å²) in [4.78, 5) is 4.38. The first-order valence-electron chi connectivity index (χ1n) is 4.55. The number of rotatable bonds is 1. The Morgan fingerprint density at radius 2 is 2.38 bits per heavy atom. The highest BCUT2D eigenvalue weighted by atomic mass is 15.3. The Hall–Kier alpha value is -1.16. The molecule has 0 saturated carbocycles. The lowest BCUT2D eigenvalue weighted by Gasteiger charge is -2.10. The average Bonchev–Trinajstić information content (AvgIpc) is 2.49. The Labute approximate surface area is 77.7 Å². The molecule has 4 heteroatoms. The van der Waals surface area contributed by atoms with E-state index in [2.05, 4.69) is 21.5 Å². The quantitative estimate of drug-likeness (QED) is 0.681. The molecule has 0 atom stereocenters. The highest BCUT2D eigenvalue weighted by molar-refractivity contribution is 5.61. The van der Waals surface area contributed by atoms with E-state index < -0.39 is 0 Å². The highest BCUT2D eigenvalue weighted by Crippen LogP contribution is 2.12. The van der Waals surface area contributed by atoms with E-state index in [-0.39, 0.29) is 0 Å². The summed E-state index contributed by atoms with van der Waals surface area (Å²) in [5, 5.41) is 7.64. The summed E-state index contributed by atoms with van der Waals surface area (Å²) in [5.74, 6) is 1.83. The molecular formula is C9H14N4. The standard InChI is InChI=1S/C9H14N4/c1-7-11-9(12-13(7)2)8-4-3-5-10-6-8/h4,10H,3,5-6H2,1-2H3. The van der Waals surface area contributed by atoms with E-state index >= 15 is 0 Å². The van der Waals surface area contributed by atoms with Crippen molar-refractivity contribution in [3.8, 4) is 0 Å². The molecule has 13 heavy (non-hydrogen) atoms. The van der Waals surface area contributed by atoms with Crippen molar-refractivity contribution in [1.82, 2.24) is 20.1 Å². The summed E-state index contributed by atoms with van der Waals surface area (Å²) in [6, 6.07) is 0. The molecule has 0 spiro atoms. The Kier molecular flexibility index (Phi) is 2.14. The second-order valence-corrected chi connectivity index (χ2v) is 3.30. The van der Waals surface area contributed by atoms with E-state index in [0.29, 0.717) is 0 Å². The third-order valence-electron chi connectivity index (χ3n) is 2.30. The van der Waals surface area contributed by atoms with Crippen molar-refractivity contribution in [2.45, 2.75) is 13.3 Å². The smallest absolute Gasteiger partial charge is 0.178 e. The van der Waals surface area contributed by atoms with Crippen molar-refractivity contribution >= 4 is 5.57 Å². The van der Waals surface area contributed by atoms with Gasteiger partial charge < -0.3 is 5.32 Å². The number of hydrogen-bond donors (Lipinski definition) is 1. The van der Waals surface area contributed by atoms with Crippen LogP contribution in [0.15, 0.2) is 6.08 Å². The van der Waals surface area contributed by atoms with E-state index in [0.717, 1.165) is 31.2 Å². The van der Waals surface area contributed by atoms with E-state index in [4.69, 9.17) is 0 Å². The van der Waals surface area contributed by atoms with Crippen molar-refractivity contribution in [1.29, 1.82) is 0 Å². The van der Waals surface area contributed by atoms with Crippen LogP contribution in [0.3, 0.4) is 0 Å². The molecule has 0 aromatic carbocycles. The maximum Gasteiger partial charge on any atom is 0.178 e. The molecule has 0 unspecified atom stereocenters. The van der Waals surface area contributed by atoms with Crippen LogP contribution in [-0.2, 0) is 7.05 Å². The van der Waals surface area contributed by atoms with Crippen LogP contribution in [0.5, 0.6) is 0 Å². The van der Waals surface area contributed by atoms with Gasteiger partial charge in [-0.1, -0.05) is 6.08 Å². The summed E-state index contributed by atoms with van der Waals surface area (Å²) < 4.78 is 1.81. The SMILES string of the molecule is Cc1nc(C2=CCCNC2)nn1C. The lowest BCUT2D eigenvalue weighted by atomic mass is 10.1. The first-order chi connectivity index (χ1) is 6.27. The van der Waals surface area contributed by atoms with E-state index in [9.17, 15) is 0 Å². The number of aryl methyl sites for hydroxylation is 2. The molecule has 0 fully saturated rings. The zero-order valence-corrected chi connectivity index (χ0v) is 8.04. The second-order valence-electron chi connectivity index (χ2n) is 3.30. The number of nitrogens with zero attached hydrogens (tertiary/aromatic N) is 3. The maximum atomic E-state index is 4.38. The monoisotopic (exact) mass is 178 g/mol. The third kappa shape index (κ3) is 1.62. The predicted molar refractivity (Wildman–Crippen MR) is 51.2 cm³/mol. The largest absolute Gasteiger partial charge is 0.312 e. The Bertz CT molecular complexity index is 318. The van der Waals surface area contributed by atoms with Crippen LogP contribution in [-0.4, -0.2) is 27.9 Å². The highest BCUT2D eigenvalue weighted by Gasteiger charge is 2.10. The molecule has 1 aromatic heterocycles. The fourth-order valence-electron chi connectivity index (χ4n) is 1.41. The third-order valence-corrected chi connectivity index (χ3v) is 2.30. The summed E-state index contributed by atoms with van der Waals surface area (Å²) in [5.41, 5.74) is 1.22. The van der Waals surface area contributed by atoms with Crippen LogP contribution >= 0.6 is 0 Å². The fourth-order valence-corrected chi connectivity index (χ4v) is 1.41. The van der Waals surface area contributed by atoms with Crippen LogP contribution in [0.2, 0.25) is 0 Å². The van der Waals surface area contributed by atoms with Crippen molar-refractivity contribution in [2.75, 3.05) is 13.1 Å². The van der Waals surface area contributed by atoms with Crippen molar-refractivity contribution in [3.05, 3.63) is 17.7 Å². The molecule has 1 aliphatic rings. The summed E-state index contributed by atoms with van der Waals surface area (Å²) in [6.45, 7) is 3.92. The van der Waals surface area contributed by atoms with Crippen molar-refractivity contribution in [2.24, 2.45) is 7.05 Å². The molecule has 0 saturated heterocycles. The van der Waals surface area contributed by atoms with Gasteiger partial charge in [-0.05, 0) is 19.9 Å². The summed E-state index contributed by atoms with van der Waals surface area (Å²) in [6.07, 6.45) is 3.29.